The van der Waals surface area contributed by atoms with Crippen molar-refractivity contribution in [3.8, 4) is 17.6 Å². The van der Waals surface area contributed by atoms with Crippen LogP contribution in [0.5, 0.6) is 5.75 Å². The number of ether oxygens (including phenoxy) is 2. The van der Waals surface area contributed by atoms with E-state index in [1.807, 2.05) is 24.3 Å². The molecule has 2 nitrogen and oxygen atoms in total. The highest BCUT2D eigenvalue weighted by Gasteiger charge is 1.96. The number of alkyl halides is 1. The van der Waals surface area contributed by atoms with Gasteiger partial charge >= 0.3 is 0 Å². The largest absolute Gasteiger partial charge is 0.491 e. The molecule has 0 unspecified atom stereocenters. The van der Waals surface area contributed by atoms with E-state index in [-0.39, 0.29) is 0 Å². The third-order valence-corrected chi connectivity index (χ3v) is 2.24. The lowest BCUT2D eigenvalue weighted by Crippen LogP contribution is -2.10. The smallest absolute Gasteiger partial charge is 0.119 e. The molecular formula is C15H19ClO2. The van der Waals surface area contributed by atoms with Crippen molar-refractivity contribution in [3.63, 3.8) is 0 Å². The maximum atomic E-state index is 5.55. The maximum Gasteiger partial charge on any atom is 0.119 e. The fourth-order valence-electron chi connectivity index (χ4n) is 1.31. The molecule has 98 valence electrons. The summed E-state index contributed by atoms with van der Waals surface area (Å²) in [5, 5.41) is 0. The molecule has 0 aliphatic carbocycles. The normalized spacial score (nSPS) is 10.0. The molecule has 3 heteroatoms. The van der Waals surface area contributed by atoms with Gasteiger partial charge < -0.3 is 9.47 Å². The number of hydrogen-bond donors (Lipinski definition) is 0. The van der Waals surface area contributed by atoms with Gasteiger partial charge in [0, 0.05) is 12.2 Å². The summed E-state index contributed by atoms with van der Waals surface area (Å²) in [6, 6.07) is 7.65. The van der Waals surface area contributed by atoms with Crippen LogP contribution in [0.25, 0.3) is 0 Å². The second kappa shape index (κ2) is 8.85. The first-order chi connectivity index (χ1) is 8.72. The number of rotatable bonds is 6. The molecule has 0 N–H and O–H groups in total. The van der Waals surface area contributed by atoms with Gasteiger partial charge in [-0.2, -0.15) is 0 Å². The lowest BCUT2D eigenvalue weighted by Gasteiger charge is -2.08. The van der Waals surface area contributed by atoms with Crippen molar-refractivity contribution >= 4 is 11.6 Å². The van der Waals surface area contributed by atoms with Crippen molar-refractivity contribution in [2.24, 2.45) is 5.92 Å². The minimum atomic E-state index is 0.353. The van der Waals surface area contributed by atoms with Crippen LogP contribution in [0.15, 0.2) is 24.3 Å². The molecule has 1 aromatic carbocycles. The van der Waals surface area contributed by atoms with E-state index in [0.717, 1.165) is 17.9 Å². The lowest BCUT2D eigenvalue weighted by atomic mass is 10.2. The van der Waals surface area contributed by atoms with Crippen LogP contribution < -0.4 is 4.74 Å². The van der Waals surface area contributed by atoms with E-state index >= 15 is 0 Å². The van der Waals surface area contributed by atoms with Crippen LogP contribution in [0.4, 0.5) is 0 Å². The molecule has 0 aliphatic rings. The van der Waals surface area contributed by atoms with Crippen LogP contribution in [-0.4, -0.2) is 25.7 Å². The zero-order valence-corrected chi connectivity index (χ0v) is 11.7. The number of benzene rings is 1. The van der Waals surface area contributed by atoms with Crippen LogP contribution in [-0.2, 0) is 4.74 Å². The molecule has 0 bridgehead atoms. The van der Waals surface area contributed by atoms with Gasteiger partial charge in [-0.25, -0.2) is 0 Å². The number of hydrogen-bond acceptors (Lipinski definition) is 2. The third kappa shape index (κ3) is 6.54. The topological polar surface area (TPSA) is 18.5 Å². The van der Waals surface area contributed by atoms with E-state index in [1.54, 1.807) is 0 Å². The Morgan fingerprint density at radius 1 is 1.17 bits per heavy atom. The Balaban J connectivity index is 2.27. The van der Waals surface area contributed by atoms with E-state index in [0.29, 0.717) is 25.0 Å². The first kappa shape index (κ1) is 14.9. The summed E-state index contributed by atoms with van der Waals surface area (Å²) in [4.78, 5) is 0. The van der Waals surface area contributed by atoms with Gasteiger partial charge in [0.15, 0.2) is 0 Å². The highest BCUT2D eigenvalue weighted by molar-refractivity contribution is 6.19. The van der Waals surface area contributed by atoms with Gasteiger partial charge in [0.1, 0.15) is 12.4 Å². The van der Waals surface area contributed by atoms with Gasteiger partial charge in [0.2, 0.25) is 0 Å². The van der Waals surface area contributed by atoms with Crippen molar-refractivity contribution in [3.05, 3.63) is 29.8 Å². The van der Waals surface area contributed by atoms with Gasteiger partial charge in [-0.3, -0.25) is 0 Å². The molecule has 0 saturated carbocycles. The molecule has 18 heavy (non-hydrogen) atoms. The Morgan fingerprint density at radius 3 is 2.50 bits per heavy atom. The second-order valence-corrected chi connectivity index (χ2v) is 4.54. The summed E-state index contributed by atoms with van der Waals surface area (Å²) in [5.41, 5.74) is 0.944. The zero-order valence-electron chi connectivity index (χ0n) is 10.9. The molecule has 0 amide bonds. The molecule has 1 aromatic rings. The Hall–Kier alpha value is -1.17. The van der Waals surface area contributed by atoms with Gasteiger partial charge in [0.25, 0.3) is 0 Å². The van der Waals surface area contributed by atoms with Gasteiger partial charge in [-0.05, 0) is 30.2 Å². The van der Waals surface area contributed by atoms with Gasteiger partial charge in [0.05, 0.1) is 12.5 Å². The minimum absolute atomic E-state index is 0.353. The Kier molecular flexibility index (Phi) is 7.32. The summed E-state index contributed by atoms with van der Waals surface area (Å²) >= 11 is 5.49. The fourth-order valence-corrected chi connectivity index (χ4v) is 1.37. The summed E-state index contributed by atoms with van der Waals surface area (Å²) in [6.45, 7) is 6.21. The predicted molar refractivity (Wildman–Crippen MR) is 75.2 cm³/mol. The maximum absolute atomic E-state index is 5.55. The third-order valence-electron chi connectivity index (χ3n) is 2.10. The molecule has 0 saturated heterocycles. The summed E-state index contributed by atoms with van der Waals surface area (Å²) in [6.07, 6.45) is 0. The van der Waals surface area contributed by atoms with Crippen molar-refractivity contribution in [1.29, 1.82) is 0 Å². The average molecular weight is 267 g/mol. The Labute approximate surface area is 114 Å². The van der Waals surface area contributed by atoms with E-state index in [1.165, 1.54) is 0 Å². The molecular weight excluding hydrogens is 248 g/mol. The molecule has 0 radical (unpaired) electrons. The summed E-state index contributed by atoms with van der Waals surface area (Å²) in [7, 11) is 0. The Bertz CT molecular complexity index is 387. The lowest BCUT2D eigenvalue weighted by molar-refractivity contribution is 0.0819. The standard InChI is InChI=1S/C15H19ClO2/c1-13(2)12-17-10-11-18-15-7-5-14(6-8-15)4-3-9-16/h5-8,13H,9-12H2,1-2H3. The molecule has 0 atom stereocenters. The highest BCUT2D eigenvalue weighted by Crippen LogP contribution is 2.11. The minimum Gasteiger partial charge on any atom is -0.491 e. The summed E-state index contributed by atoms with van der Waals surface area (Å²) in [5.74, 6) is 7.50. The number of halogens is 1. The molecule has 0 aliphatic heterocycles. The SMILES string of the molecule is CC(C)COCCOc1ccc(C#CCCl)cc1. The van der Waals surface area contributed by atoms with Gasteiger partial charge in [-0.15, -0.1) is 11.6 Å². The predicted octanol–water partition coefficient (Wildman–Crippen LogP) is 3.33. The van der Waals surface area contributed by atoms with E-state index < -0.39 is 0 Å². The van der Waals surface area contributed by atoms with Crippen LogP contribution >= 0.6 is 11.6 Å². The second-order valence-electron chi connectivity index (χ2n) is 4.28. The molecule has 0 spiro atoms. The van der Waals surface area contributed by atoms with Crippen molar-refractivity contribution in [1.82, 2.24) is 0 Å². The average Bonchev–Trinajstić information content (AvgIpc) is 2.37. The van der Waals surface area contributed by atoms with Crippen LogP contribution in [0.3, 0.4) is 0 Å². The van der Waals surface area contributed by atoms with Crippen molar-refractivity contribution in [2.45, 2.75) is 13.8 Å². The van der Waals surface area contributed by atoms with E-state index in [9.17, 15) is 0 Å². The monoisotopic (exact) mass is 266 g/mol. The first-order valence-electron chi connectivity index (χ1n) is 6.08. The Morgan fingerprint density at radius 2 is 1.89 bits per heavy atom. The van der Waals surface area contributed by atoms with Crippen LogP contribution in [0, 0.1) is 17.8 Å². The van der Waals surface area contributed by atoms with Crippen LogP contribution in [0.2, 0.25) is 0 Å². The van der Waals surface area contributed by atoms with Gasteiger partial charge in [-0.1, -0.05) is 25.7 Å². The highest BCUT2D eigenvalue weighted by atomic mass is 35.5. The summed E-state index contributed by atoms with van der Waals surface area (Å²) < 4.78 is 11.0. The molecule has 0 heterocycles. The fraction of sp³-hybridized carbons (Fsp3) is 0.467. The zero-order chi connectivity index (χ0) is 13.2. The molecule has 1 rings (SSSR count). The first-order valence-corrected chi connectivity index (χ1v) is 6.61. The quantitative estimate of drug-likeness (QED) is 0.447. The van der Waals surface area contributed by atoms with Crippen molar-refractivity contribution < 1.29 is 9.47 Å². The van der Waals surface area contributed by atoms with Crippen molar-refractivity contribution in [2.75, 3.05) is 25.7 Å². The van der Waals surface area contributed by atoms with E-state index in [4.69, 9.17) is 21.1 Å². The molecule has 0 aromatic heterocycles. The van der Waals surface area contributed by atoms with E-state index in [2.05, 4.69) is 25.7 Å². The molecule has 0 fully saturated rings. The van der Waals surface area contributed by atoms with Crippen LogP contribution in [0.1, 0.15) is 19.4 Å².